The van der Waals surface area contributed by atoms with Crippen LogP contribution >= 0.6 is 0 Å². The van der Waals surface area contributed by atoms with Gasteiger partial charge in [-0.15, -0.1) is 10.2 Å². The van der Waals surface area contributed by atoms with Crippen molar-refractivity contribution in [2.45, 2.75) is 6.54 Å². The lowest BCUT2D eigenvalue weighted by atomic mass is 10.2. The van der Waals surface area contributed by atoms with Crippen LogP contribution in [-0.4, -0.2) is 20.7 Å². The molecule has 4 rings (SSSR count). The summed E-state index contributed by atoms with van der Waals surface area (Å²) in [6, 6.07) is 20.8. The molecule has 0 unspecified atom stereocenters. The topological polar surface area (TPSA) is 73.0 Å². The monoisotopic (exact) mass is 344 g/mol. The number of carbonyl (C=O) groups excluding carboxylic acids is 1. The molecule has 6 heteroatoms. The highest BCUT2D eigenvalue weighted by atomic mass is 16.4. The molecule has 4 aromatic rings. The van der Waals surface area contributed by atoms with Crippen LogP contribution in [0.3, 0.4) is 0 Å². The Morgan fingerprint density at radius 1 is 0.923 bits per heavy atom. The van der Waals surface area contributed by atoms with E-state index in [1.54, 1.807) is 12.1 Å². The number of amides is 1. The van der Waals surface area contributed by atoms with E-state index < -0.39 is 0 Å². The Kier molecular flexibility index (Phi) is 4.30. The highest BCUT2D eigenvalue weighted by Crippen LogP contribution is 2.17. The number of nitrogens with one attached hydrogen (secondary N) is 1. The lowest BCUT2D eigenvalue weighted by Gasteiger charge is -2.05. The highest BCUT2D eigenvalue weighted by molar-refractivity contribution is 5.94. The quantitative estimate of drug-likeness (QED) is 0.602. The number of hydrogen-bond acceptors (Lipinski definition) is 4. The van der Waals surface area contributed by atoms with E-state index in [0.717, 1.165) is 11.3 Å². The Bertz CT molecular complexity index is 990. The van der Waals surface area contributed by atoms with E-state index >= 15 is 0 Å². The van der Waals surface area contributed by atoms with Crippen LogP contribution in [0.4, 0.5) is 0 Å². The molecule has 2 aromatic carbocycles. The van der Waals surface area contributed by atoms with Gasteiger partial charge in [-0.2, -0.15) is 0 Å². The largest absolute Gasteiger partial charge is 0.419 e. The molecule has 0 saturated carbocycles. The first kappa shape index (κ1) is 15.8. The van der Waals surface area contributed by atoms with Gasteiger partial charge in [0.15, 0.2) is 0 Å². The maximum atomic E-state index is 12.3. The molecule has 0 bridgehead atoms. The van der Waals surface area contributed by atoms with E-state index in [1.165, 1.54) is 0 Å². The SMILES string of the molecule is O=C(NCc1nnc(-c2ccccc2)o1)c1ccc(-n2cccc2)cc1. The van der Waals surface area contributed by atoms with Crippen molar-refractivity contribution in [2.24, 2.45) is 0 Å². The fourth-order valence-electron chi connectivity index (χ4n) is 2.57. The second-order valence-corrected chi connectivity index (χ2v) is 5.69. The molecular formula is C20H16N4O2. The Hall–Kier alpha value is -3.67. The van der Waals surface area contributed by atoms with Gasteiger partial charge in [0, 0.05) is 29.2 Å². The molecule has 1 N–H and O–H groups in total. The third-order valence-corrected chi connectivity index (χ3v) is 3.92. The Morgan fingerprint density at radius 3 is 2.38 bits per heavy atom. The van der Waals surface area contributed by atoms with Crippen LogP contribution in [0.15, 0.2) is 83.5 Å². The lowest BCUT2D eigenvalue weighted by molar-refractivity contribution is 0.0947. The zero-order valence-corrected chi connectivity index (χ0v) is 13.9. The number of aromatic nitrogens is 3. The van der Waals surface area contributed by atoms with Crippen molar-refractivity contribution in [2.75, 3.05) is 0 Å². The summed E-state index contributed by atoms with van der Waals surface area (Å²) in [5, 5.41) is 10.8. The first-order valence-electron chi connectivity index (χ1n) is 8.19. The molecule has 2 aromatic heterocycles. The minimum Gasteiger partial charge on any atom is -0.419 e. The predicted octanol–water partition coefficient (Wildman–Crippen LogP) is 3.46. The van der Waals surface area contributed by atoms with Gasteiger partial charge in [-0.3, -0.25) is 4.79 Å². The molecule has 0 atom stereocenters. The molecule has 26 heavy (non-hydrogen) atoms. The summed E-state index contributed by atoms with van der Waals surface area (Å²) in [6.45, 7) is 0.179. The minimum atomic E-state index is -0.191. The molecule has 6 nitrogen and oxygen atoms in total. The average Bonchev–Trinajstić information content (AvgIpc) is 3.39. The number of rotatable bonds is 5. The molecule has 1 amide bonds. The van der Waals surface area contributed by atoms with E-state index in [2.05, 4.69) is 15.5 Å². The van der Waals surface area contributed by atoms with Gasteiger partial charge >= 0.3 is 0 Å². The zero-order valence-electron chi connectivity index (χ0n) is 13.9. The van der Waals surface area contributed by atoms with E-state index in [4.69, 9.17) is 4.42 Å². The van der Waals surface area contributed by atoms with Gasteiger partial charge in [-0.25, -0.2) is 0 Å². The second-order valence-electron chi connectivity index (χ2n) is 5.69. The molecule has 128 valence electrons. The van der Waals surface area contributed by atoms with Gasteiger partial charge < -0.3 is 14.3 Å². The van der Waals surface area contributed by atoms with Crippen molar-refractivity contribution in [3.8, 4) is 17.1 Å². The van der Waals surface area contributed by atoms with Crippen LogP contribution in [0.2, 0.25) is 0 Å². The molecule has 2 heterocycles. The molecule has 0 saturated heterocycles. The number of hydrogen-bond donors (Lipinski definition) is 1. The fourth-order valence-corrected chi connectivity index (χ4v) is 2.57. The summed E-state index contributed by atoms with van der Waals surface area (Å²) in [4.78, 5) is 12.3. The normalized spacial score (nSPS) is 10.6. The lowest BCUT2D eigenvalue weighted by Crippen LogP contribution is -2.22. The van der Waals surface area contributed by atoms with Crippen molar-refractivity contribution < 1.29 is 9.21 Å². The number of benzene rings is 2. The Balaban J connectivity index is 1.39. The van der Waals surface area contributed by atoms with Gasteiger partial charge in [-0.1, -0.05) is 18.2 Å². The molecular weight excluding hydrogens is 328 g/mol. The van der Waals surface area contributed by atoms with Crippen LogP contribution in [0, 0.1) is 0 Å². The van der Waals surface area contributed by atoms with Crippen LogP contribution in [0.25, 0.3) is 17.1 Å². The third kappa shape index (κ3) is 3.39. The molecule has 0 fully saturated rings. The number of carbonyl (C=O) groups is 1. The summed E-state index contributed by atoms with van der Waals surface area (Å²) >= 11 is 0. The summed E-state index contributed by atoms with van der Waals surface area (Å²) in [7, 11) is 0. The van der Waals surface area contributed by atoms with Gasteiger partial charge in [0.25, 0.3) is 5.91 Å². The first-order valence-corrected chi connectivity index (χ1v) is 8.19. The molecule has 0 spiro atoms. The van der Waals surface area contributed by atoms with Crippen LogP contribution in [-0.2, 0) is 6.54 Å². The summed E-state index contributed by atoms with van der Waals surface area (Å²) in [5.41, 5.74) is 2.41. The van der Waals surface area contributed by atoms with Crippen molar-refractivity contribution in [3.05, 3.63) is 90.6 Å². The highest BCUT2D eigenvalue weighted by Gasteiger charge is 2.10. The smallest absolute Gasteiger partial charge is 0.251 e. The van der Waals surface area contributed by atoms with E-state index in [0.29, 0.717) is 17.3 Å². The van der Waals surface area contributed by atoms with Crippen LogP contribution < -0.4 is 5.32 Å². The van der Waals surface area contributed by atoms with E-state index in [1.807, 2.05) is 71.6 Å². The van der Waals surface area contributed by atoms with Gasteiger partial charge in [0.2, 0.25) is 11.8 Å². The maximum Gasteiger partial charge on any atom is 0.251 e. The van der Waals surface area contributed by atoms with Gasteiger partial charge in [0.1, 0.15) is 0 Å². The standard InChI is InChI=1S/C20H16N4O2/c25-19(15-8-10-17(11-9-15)24-12-4-5-13-24)21-14-18-22-23-20(26-18)16-6-2-1-3-7-16/h1-13H,14H2,(H,21,25). The van der Waals surface area contributed by atoms with E-state index in [9.17, 15) is 4.79 Å². The van der Waals surface area contributed by atoms with Crippen molar-refractivity contribution >= 4 is 5.91 Å². The van der Waals surface area contributed by atoms with Crippen molar-refractivity contribution in [3.63, 3.8) is 0 Å². The Morgan fingerprint density at radius 2 is 1.65 bits per heavy atom. The van der Waals surface area contributed by atoms with Crippen molar-refractivity contribution in [1.82, 2.24) is 20.1 Å². The van der Waals surface area contributed by atoms with Gasteiger partial charge in [-0.05, 0) is 48.5 Å². The summed E-state index contributed by atoms with van der Waals surface area (Å²) < 4.78 is 7.56. The van der Waals surface area contributed by atoms with Crippen molar-refractivity contribution in [1.29, 1.82) is 0 Å². The minimum absolute atomic E-state index is 0.179. The number of nitrogens with zero attached hydrogens (tertiary/aromatic N) is 3. The fraction of sp³-hybridized carbons (Fsp3) is 0.0500. The van der Waals surface area contributed by atoms with Crippen LogP contribution in [0.1, 0.15) is 16.2 Å². The Labute approximate surface area is 150 Å². The maximum absolute atomic E-state index is 12.3. The van der Waals surface area contributed by atoms with Gasteiger partial charge in [0.05, 0.1) is 6.54 Å². The molecule has 0 aliphatic rings. The second kappa shape index (κ2) is 7.06. The summed E-state index contributed by atoms with van der Waals surface area (Å²) in [6.07, 6.45) is 3.91. The zero-order chi connectivity index (χ0) is 17.8. The average molecular weight is 344 g/mol. The van der Waals surface area contributed by atoms with E-state index in [-0.39, 0.29) is 12.5 Å². The first-order chi connectivity index (χ1) is 12.8. The molecule has 0 aliphatic carbocycles. The third-order valence-electron chi connectivity index (χ3n) is 3.92. The molecule has 0 radical (unpaired) electrons. The molecule has 0 aliphatic heterocycles. The van der Waals surface area contributed by atoms with Crippen LogP contribution in [0.5, 0.6) is 0 Å². The predicted molar refractivity (Wildman–Crippen MR) is 96.7 cm³/mol. The summed E-state index contributed by atoms with van der Waals surface area (Å²) in [5.74, 6) is 0.607.